The van der Waals surface area contributed by atoms with E-state index in [0.29, 0.717) is 37.6 Å². The molecule has 3 rings (SSSR count). The molecular weight excluding hydrogens is 445 g/mol. The molecule has 2 amide bonds. The van der Waals surface area contributed by atoms with Gasteiger partial charge in [0, 0.05) is 20.4 Å². The smallest absolute Gasteiger partial charge is 0.243 e. The van der Waals surface area contributed by atoms with E-state index in [1.807, 2.05) is 32.6 Å². The zero-order valence-corrected chi connectivity index (χ0v) is 22.7. The highest BCUT2D eigenvalue weighted by Gasteiger charge is 2.38. The van der Waals surface area contributed by atoms with E-state index in [1.54, 1.807) is 0 Å². The summed E-state index contributed by atoms with van der Waals surface area (Å²) in [6.07, 6.45) is 8.66. The molecule has 1 saturated heterocycles. The van der Waals surface area contributed by atoms with Gasteiger partial charge in [0.15, 0.2) is 0 Å². The Morgan fingerprint density at radius 2 is 1.54 bits per heavy atom. The molecule has 1 heterocycles. The largest absolute Gasteiger partial charge is 0.393 e. The number of carbonyl (C=O) groups excluding carboxylic acids is 2. The van der Waals surface area contributed by atoms with Crippen molar-refractivity contribution in [2.24, 2.45) is 17.8 Å². The molecular formula is C28H54FN3O3. The van der Waals surface area contributed by atoms with Crippen LogP contribution in [0.25, 0.3) is 0 Å². The highest BCUT2D eigenvalue weighted by Crippen LogP contribution is 2.30. The second-order valence-corrected chi connectivity index (χ2v) is 11.0. The van der Waals surface area contributed by atoms with E-state index in [-0.39, 0.29) is 31.3 Å². The summed E-state index contributed by atoms with van der Waals surface area (Å²) in [5.74, 6) is 1.02. The van der Waals surface area contributed by atoms with Gasteiger partial charge in [-0.2, -0.15) is 0 Å². The van der Waals surface area contributed by atoms with Crippen molar-refractivity contribution in [3.8, 4) is 0 Å². The second-order valence-electron chi connectivity index (χ2n) is 11.0. The Morgan fingerprint density at radius 3 is 2.11 bits per heavy atom. The standard InChI is InChI=1S/C26H46FN3O3.C2H6.H2/c1-18(2)30(24(32)12-7-19-5-10-23(31)11-6-19)25(21-13-15-28-16-14-21)26(33)29-17-20-3-8-22(27)9-4-20;1-2;/h18-23,25,28,31H,3-17H2,1-2H3,(H,29,33);1-2H3;1H. The Morgan fingerprint density at radius 1 is 0.971 bits per heavy atom. The first-order valence-corrected chi connectivity index (χ1v) is 14.5. The zero-order chi connectivity index (χ0) is 25.8. The molecule has 0 bridgehead atoms. The molecule has 3 fully saturated rings. The van der Waals surface area contributed by atoms with Crippen molar-refractivity contribution < 1.29 is 20.5 Å². The van der Waals surface area contributed by atoms with E-state index in [2.05, 4.69) is 10.6 Å². The molecule has 35 heavy (non-hydrogen) atoms. The van der Waals surface area contributed by atoms with Gasteiger partial charge >= 0.3 is 0 Å². The Labute approximate surface area is 214 Å². The third-order valence-corrected chi connectivity index (χ3v) is 8.17. The first-order valence-electron chi connectivity index (χ1n) is 14.5. The fourth-order valence-electron chi connectivity index (χ4n) is 6.06. The molecule has 0 aromatic rings. The van der Waals surface area contributed by atoms with Crippen molar-refractivity contribution >= 4 is 11.8 Å². The van der Waals surface area contributed by atoms with Crippen LogP contribution in [0.2, 0.25) is 0 Å². The summed E-state index contributed by atoms with van der Waals surface area (Å²) >= 11 is 0. The third-order valence-electron chi connectivity index (χ3n) is 8.17. The Bertz CT molecular complexity index is 617. The number of piperidine rings is 1. The summed E-state index contributed by atoms with van der Waals surface area (Å²) in [5.41, 5.74) is 0. The van der Waals surface area contributed by atoms with Crippen molar-refractivity contribution in [2.75, 3.05) is 19.6 Å². The van der Waals surface area contributed by atoms with Gasteiger partial charge in [-0.25, -0.2) is 4.39 Å². The van der Waals surface area contributed by atoms with E-state index >= 15 is 0 Å². The van der Waals surface area contributed by atoms with E-state index in [1.165, 1.54) is 0 Å². The maximum absolute atomic E-state index is 13.5. The zero-order valence-electron chi connectivity index (χ0n) is 22.7. The van der Waals surface area contributed by atoms with Gasteiger partial charge in [0.05, 0.1) is 6.10 Å². The molecule has 2 aliphatic carbocycles. The molecule has 7 heteroatoms. The van der Waals surface area contributed by atoms with Crippen LogP contribution in [0.1, 0.15) is 106 Å². The number of nitrogens with one attached hydrogen (secondary N) is 2. The first kappa shape index (κ1) is 30.0. The van der Waals surface area contributed by atoms with Gasteiger partial charge in [0.2, 0.25) is 11.8 Å². The Kier molecular flexibility index (Phi) is 13.6. The normalized spacial score (nSPS) is 28.5. The van der Waals surface area contributed by atoms with Crippen LogP contribution < -0.4 is 10.6 Å². The quantitative estimate of drug-likeness (QED) is 0.424. The first-order chi connectivity index (χ1) is 16.8. The average molecular weight is 500 g/mol. The van der Waals surface area contributed by atoms with E-state index < -0.39 is 12.2 Å². The van der Waals surface area contributed by atoms with Gasteiger partial charge in [0.1, 0.15) is 12.2 Å². The molecule has 206 valence electrons. The number of alkyl halides is 1. The highest BCUT2D eigenvalue weighted by atomic mass is 19.1. The molecule has 2 saturated carbocycles. The van der Waals surface area contributed by atoms with E-state index in [4.69, 9.17) is 0 Å². The number of halogens is 1. The molecule has 0 spiro atoms. The number of hydrogen-bond donors (Lipinski definition) is 3. The van der Waals surface area contributed by atoms with E-state index in [0.717, 1.165) is 70.9 Å². The number of aliphatic hydroxyl groups excluding tert-OH is 1. The van der Waals surface area contributed by atoms with Crippen LogP contribution in [0.15, 0.2) is 0 Å². The summed E-state index contributed by atoms with van der Waals surface area (Å²) in [5, 5.41) is 16.3. The number of hydrogen-bond acceptors (Lipinski definition) is 4. The van der Waals surface area contributed by atoms with Crippen LogP contribution in [-0.2, 0) is 9.59 Å². The monoisotopic (exact) mass is 499 g/mol. The minimum atomic E-state index is -0.694. The number of carbonyl (C=O) groups is 2. The van der Waals surface area contributed by atoms with Gasteiger partial charge in [0.25, 0.3) is 0 Å². The van der Waals surface area contributed by atoms with Crippen molar-refractivity contribution in [3.63, 3.8) is 0 Å². The van der Waals surface area contributed by atoms with Gasteiger partial charge < -0.3 is 20.6 Å². The van der Waals surface area contributed by atoms with Gasteiger partial charge in [-0.1, -0.05) is 13.8 Å². The predicted molar refractivity (Wildman–Crippen MR) is 142 cm³/mol. The van der Waals surface area contributed by atoms with Crippen LogP contribution in [0.3, 0.4) is 0 Å². The lowest BCUT2D eigenvalue weighted by Crippen LogP contribution is -2.57. The molecule has 0 aromatic carbocycles. The summed E-state index contributed by atoms with van der Waals surface area (Å²) in [6, 6.07) is -0.483. The van der Waals surface area contributed by atoms with Gasteiger partial charge in [-0.3, -0.25) is 9.59 Å². The van der Waals surface area contributed by atoms with Crippen molar-refractivity contribution in [1.82, 2.24) is 15.5 Å². The Hall–Kier alpha value is -1.21. The van der Waals surface area contributed by atoms with Crippen LogP contribution in [-0.4, -0.2) is 65.8 Å². The topological polar surface area (TPSA) is 81.7 Å². The molecule has 3 N–H and O–H groups in total. The van der Waals surface area contributed by atoms with Crippen molar-refractivity contribution in [1.29, 1.82) is 0 Å². The number of rotatable bonds is 9. The third kappa shape index (κ3) is 9.64. The fourth-order valence-corrected chi connectivity index (χ4v) is 6.06. The van der Waals surface area contributed by atoms with Crippen LogP contribution in [0, 0.1) is 17.8 Å². The lowest BCUT2D eigenvalue weighted by Gasteiger charge is -2.41. The molecule has 0 aromatic heterocycles. The maximum atomic E-state index is 13.5. The summed E-state index contributed by atoms with van der Waals surface area (Å²) < 4.78 is 13.5. The second kappa shape index (κ2) is 15.8. The summed E-state index contributed by atoms with van der Waals surface area (Å²) in [6.45, 7) is 10.4. The molecule has 1 atom stereocenters. The fraction of sp³-hybridized carbons (Fsp3) is 0.929. The molecule has 1 unspecified atom stereocenters. The lowest BCUT2D eigenvalue weighted by molar-refractivity contribution is -0.145. The van der Waals surface area contributed by atoms with Gasteiger partial charge in [-0.15, -0.1) is 0 Å². The van der Waals surface area contributed by atoms with Crippen molar-refractivity contribution in [3.05, 3.63) is 0 Å². The minimum absolute atomic E-state index is 0. The number of amides is 2. The molecule has 0 radical (unpaired) electrons. The predicted octanol–water partition coefficient (Wildman–Crippen LogP) is 4.84. The molecule has 6 nitrogen and oxygen atoms in total. The van der Waals surface area contributed by atoms with Crippen LogP contribution in [0.4, 0.5) is 4.39 Å². The van der Waals surface area contributed by atoms with E-state index in [9.17, 15) is 19.1 Å². The number of nitrogens with zero attached hydrogens (tertiary/aromatic N) is 1. The minimum Gasteiger partial charge on any atom is -0.393 e. The van der Waals surface area contributed by atoms with Gasteiger partial charge in [-0.05, 0) is 115 Å². The maximum Gasteiger partial charge on any atom is 0.243 e. The summed E-state index contributed by atoms with van der Waals surface area (Å²) in [7, 11) is 0. The SMILES string of the molecule is CC.CC(C)N(C(=O)CCC1CCC(O)CC1)C(C(=O)NCC1CCC(F)CC1)C1CCNCC1.[HH]. The lowest BCUT2D eigenvalue weighted by atomic mass is 9.84. The van der Waals surface area contributed by atoms with Crippen LogP contribution in [0.5, 0.6) is 0 Å². The summed E-state index contributed by atoms with van der Waals surface area (Å²) in [4.78, 5) is 28.8. The highest BCUT2D eigenvalue weighted by molar-refractivity contribution is 5.88. The molecule has 3 aliphatic rings. The molecule has 1 aliphatic heterocycles. The average Bonchev–Trinajstić information content (AvgIpc) is 2.87. The number of aliphatic hydroxyl groups is 1. The Balaban J connectivity index is 0.00000211. The van der Waals surface area contributed by atoms with Crippen LogP contribution >= 0.6 is 0 Å². The van der Waals surface area contributed by atoms with Crippen molar-refractivity contribution in [2.45, 2.75) is 129 Å².